The van der Waals surface area contributed by atoms with Crippen LogP contribution in [0, 0.1) is 5.92 Å². The quantitative estimate of drug-likeness (QED) is 0.892. The van der Waals surface area contributed by atoms with Crippen molar-refractivity contribution < 1.29 is 9.47 Å². The Bertz CT molecular complexity index is 553. The monoisotopic (exact) mass is 256 g/mol. The molecule has 0 amide bonds. The Kier molecular flexibility index (Phi) is 3.23. The van der Waals surface area contributed by atoms with Crippen LogP contribution in [0.1, 0.15) is 12.8 Å². The smallest absolute Gasteiger partial charge is 0.240 e. The van der Waals surface area contributed by atoms with Gasteiger partial charge in [-0.05, 0) is 37.0 Å². The average Bonchev–Trinajstić information content (AvgIpc) is 3.25. The van der Waals surface area contributed by atoms with Crippen LogP contribution in [-0.4, -0.2) is 11.6 Å². The first-order valence-electron chi connectivity index (χ1n) is 6.43. The second-order valence-corrected chi connectivity index (χ2v) is 4.71. The first-order chi connectivity index (χ1) is 9.31. The number of aromatic nitrogens is 1. The van der Waals surface area contributed by atoms with E-state index < -0.39 is 0 Å². The highest BCUT2D eigenvalue weighted by molar-refractivity contribution is 5.49. The van der Waals surface area contributed by atoms with Crippen molar-refractivity contribution in [1.82, 2.24) is 4.98 Å². The number of ether oxygens (including phenoxy) is 2. The molecule has 0 bridgehead atoms. The number of benzene rings is 1. The maximum Gasteiger partial charge on any atom is 0.240 e. The second-order valence-electron chi connectivity index (χ2n) is 4.71. The van der Waals surface area contributed by atoms with Gasteiger partial charge in [0.2, 0.25) is 11.8 Å². The summed E-state index contributed by atoms with van der Waals surface area (Å²) in [5, 5.41) is 0. The third kappa shape index (κ3) is 3.16. The van der Waals surface area contributed by atoms with Gasteiger partial charge in [-0.1, -0.05) is 18.2 Å². The van der Waals surface area contributed by atoms with E-state index in [1.54, 1.807) is 12.1 Å². The molecule has 0 spiro atoms. The summed E-state index contributed by atoms with van der Waals surface area (Å²) in [5.41, 5.74) is 6.39. The Labute approximate surface area is 112 Å². The lowest BCUT2D eigenvalue weighted by Gasteiger charge is -2.09. The lowest BCUT2D eigenvalue weighted by molar-refractivity contribution is 0.286. The topological polar surface area (TPSA) is 57.4 Å². The first-order valence-corrected chi connectivity index (χ1v) is 6.43. The predicted octanol–water partition coefficient (Wildman–Crippen LogP) is 3.24. The van der Waals surface area contributed by atoms with E-state index in [1.165, 1.54) is 12.8 Å². The van der Waals surface area contributed by atoms with E-state index in [4.69, 9.17) is 15.2 Å². The van der Waals surface area contributed by atoms with Gasteiger partial charge in [0.25, 0.3) is 0 Å². The summed E-state index contributed by atoms with van der Waals surface area (Å²) in [7, 11) is 0. The van der Waals surface area contributed by atoms with Crippen molar-refractivity contribution in [1.29, 1.82) is 0 Å². The second kappa shape index (κ2) is 5.18. The minimum atomic E-state index is 0.459. The summed E-state index contributed by atoms with van der Waals surface area (Å²) in [6.07, 6.45) is 2.47. The van der Waals surface area contributed by atoms with Crippen LogP contribution in [0.5, 0.6) is 17.5 Å². The molecule has 98 valence electrons. The van der Waals surface area contributed by atoms with Crippen LogP contribution in [0.4, 0.5) is 5.69 Å². The molecule has 4 heteroatoms. The third-order valence-corrected chi connectivity index (χ3v) is 2.98. The van der Waals surface area contributed by atoms with E-state index in [-0.39, 0.29) is 0 Å². The molecule has 1 aliphatic carbocycles. The molecule has 1 aliphatic rings. The van der Waals surface area contributed by atoms with Crippen LogP contribution < -0.4 is 15.2 Å². The minimum Gasteiger partial charge on any atom is -0.476 e. The Morgan fingerprint density at radius 3 is 2.63 bits per heavy atom. The SMILES string of the molecule is Nc1ccc(Oc2ccccc2)nc1OCC1CC1. The zero-order valence-corrected chi connectivity index (χ0v) is 10.6. The minimum absolute atomic E-state index is 0.459. The van der Waals surface area contributed by atoms with Crippen molar-refractivity contribution in [2.24, 2.45) is 5.92 Å². The number of nitrogen functional groups attached to an aromatic ring is 1. The van der Waals surface area contributed by atoms with Crippen molar-refractivity contribution in [3.8, 4) is 17.5 Å². The molecule has 3 rings (SSSR count). The standard InChI is InChI=1S/C15H16N2O2/c16-13-8-9-14(19-12-4-2-1-3-5-12)17-15(13)18-10-11-6-7-11/h1-5,8-9,11H,6-7,10,16H2. The zero-order valence-electron chi connectivity index (χ0n) is 10.6. The van der Waals surface area contributed by atoms with Gasteiger partial charge in [-0.2, -0.15) is 4.98 Å². The summed E-state index contributed by atoms with van der Waals surface area (Å²) in [4.78, 5) is 4.30. The van der Waals surface area contributed by atoms with Crippen LogP contribution in [0.2, 0.25) is 0 Å². The summed E-state index contributed by atoms with van der Waals surface area (Å²) in [5.74, 6) is 2.36. The molecular weight excluding hydrogens is 240 g/mol. The summed E-state index contributed by atoms with van der Waals surface area (Å²) in [6, 6.07) is 13.0. The molecule has 0 unspecified atom stereocenters. The van der Waals surface area contributed by atoms with Crippen LogP contribution >= 0.6 is 0 Å². The summed E-state index contributed by atoms with van der Waals surface area (Å²) < 4.78 is 11.3. The average molecular weight is 256 g/mol. The molecule has 1 saturated carbocycles. The van der Waals surface area contributed by atoms with Gasteiger partial charge in [-0.25, -0.2) is 0 Å². The van der Waals surface area contributed by atoms with Crippen LogP contribution in [0.3, 0.4) is 0 Å². The van der Waals surface area contributed by atoms with Gasteiger partial charge in [0, 0.05) is 6.07 Å². The highest BCUT2D eigenvalue weighted by Gasteiger charge is 2.22. The van der Waals surface area contributed by atoms with Gasteiger partial charge in [-0.15, -0.1) is 0 Å². The molecule has 1 aromatic heterocycles. The number of para-hydroxylation sites is 1. The number of nitrogens with zero attached hydrogens (tertiary/aromatic N) is 1. The summed E-state index contributed by atoms with van der Waals surface area (Å²) in [6.45, 7) is 0.686. The summed E-state index contributed by atoms with van der Waals surface area (Å²) >= 11 is 0. The van der Waals surface area contributed by atoms with Crippen molar-refractivity contribution in [2.45, 2.75) is 12.8 Å². The largest absolute Gasteiger partial charge is 0.476 e. The molecule has 2 N–H and O–H groups in total. The fourth-order valence-electron chi connectivity index (χ4n) is 1.70. The van der Waals surface area contributed by atoms with Crippen LogP contribution in [0.15, 0.2) is 42.5 Å². The van der Waals surface area contributed by atoms with E-state index in [0.29, 0.717) is 30.0 Å². The number of pyridine rings is 1. The molecule has 1 heterocycles. The molecular formula is C15H16N2O2. The van der Waals surface area contributed by atoms with Crippen molar-refractivity contribution in [2.75, 3.05) is 12.3 Å². The Morgan fingerprint density at radius 2 is 1.89 bits per heavy atom. The van der Waals surface area contributed by atoms with E-state index in [0.717, 1.165) is 5.75 Å². The molecule has 1 fully saturated rings. The molecule has 0 radical (unpaired) electrons. The number of anilines is 1. The van der Waals surface area contributed by atoms with Gasteiger partial charge in [0.05, 0.1) is 12.3 Å². The van der Waals surface area contributed by atoms with E-state index in [1.807, 2.05) is 30.3 Å². The number of hydrogen-bond acceptors (Lipinski definition) is 4. The van der Waals surface area contributed by atoms with E-state index >= 15 is 0 Å². The lowest BCUT2D eigenvalue weighted by Crippen LogP contribution is -2.04. The van der Waals surface area contributed by atoms with E-state index in [9.17, 15) is 0 Å². The van der Waals surface area contributed by atoms with Gasteiger partial charge < -0.3 is 15.2 Å². The van der Waals surface area contributed by atoms with Crippen molar-refractivity contribution >= 4 is 5.69 Å². The zero-order chi connectivity index (χ0) is 13.1. The maximum atomic E-state index is 5.85. The molecule has 1 aromatic carbocycles. The fourth-order valence-corrected chi connectivity index (χ4v) is 1.70. The Hall–Kier alpha value is -2.23. The third-order valence-electron chi connectivity index (χ3n) is 2.98. The Balaban J connectivity index is 1.72. The van der Waals surface area contributed by atoms with Gasteiger partial charge in [0.15, 0.2) is 0 Å². The van der Waals surface area contributed by atoms with Crippen LogP contribution in [-0.2, 0) is 0 Å². The molecule has 4 nitrogen and oxygen atoms in total. The normalized spacial score (nSPS) is 14.1. The van der Waals surface area contributed by atoms with Gasteiger partial charge in [-0.3, -0.25) is 0 Å². The van der Waals surface area contributed by atoms with Crippen LogP contribution in [0.25, 0.3) is 0 Å². The number of hydrogen-bond donors (Lipinski definition) is 1. The highest BCUT2D eigenvalue weighted by atomic mass is 16.5. The fraction of sp³-hybridized carbons (Fsp3) is 0.267. The number of rotatable bonds is 5. The molecule has 19 heavy (non-hydrogen) atoms. The Morgan fingerprint density at radius 1 is 1.11 bits per heavy atom. The number of nitrogens with two attached hydrogens (primary N) is 1. The predicted molar refractivity (Wildman–Crippen MR) is 73.4 cm³/mol. The maximum absolute atomic E-state index is 5.85. The first kappa shape index (κ1) is 11.8. The molecule has 2 aromatic rings. The molecule has 0 saturated heterocycles. The van der Waals surface area contributed by atoms with Gasteiger partial charge in [0.1, 0.15) is 5.75 Å². The highest BCUT2D eigenvalue weighted by Crippen LogP contribution is 2.31. The van der Waals surface area contributed by atoms with Crippen molar-refractivity contribution in [3.05, 3.63) is 42.5 Å². The van der Waals surface area contributed by atoms with Gasteiger partial charge >= 0.3 is 0 Å². The van der Waals surface area contributed by atoms with Crippen molar-refractivity contribution in [3.63, 3.8) is 0 Å². The molecule has 0 atom stereocenters. The molecule has 0 aliphatic heterocycles. The van der Waals surface area contributed by atoms with E-state index in [2.05, 4.69) is 4.98 Å². The lowest BCUT2D eigenvalue weighted by atomic mass is 10.3.